The Balaban J connectivity index is 1.82. The zero-order valence-electron chi connectivity index (χ0n) is 14.4. The van der Waals surface area contributed by atoms with Crippen LogP contribution in [-0.2, 0) is 16.0 Å². The van der Waals surface area contributed by atoms with Crippen LogP contribution >= 0.6 is 0 Å². The van der Waals surface area contributed by atoms with Crippen molar-refractivity contribution in [3.05, 3.63) is 77.6 Å². The van der Waals surface area contributed by atoms with Gasteiger partial charge in [-0.3, -0.25) is 9.59 Å². The first kappa shape index (κ1) is 17.5. The van der Waals surface area contributed by atoms with E-state index in [1.54, 1.807) is 30.3 Å². The smallest absolute Gasteiger partial charge is 0.244 e. The molecule has 1 aromatic heterocycles. The summed E-state index contributed by atoms with van der Waals surface area (Å²) in [6.07, 6.45) is 3.82. The topological polar surface area (TPSA) is 85.3 Å². The summed E-state index contributed by atoms with van der Waals surface area (Å²) in [5.74, 6) is -0.198. The maximum Gasteiger partial charge on any atom is 0.244 e. The van der Waals surface area contributed by atoms with Crippen molar-refractivity contribution in [1.82, 2.24) is 5.32 Å². The highest BCUT2D eigenvalue weighted by Crippen LogP contribution is 2.27. The number of para-hydroxylation sites is 1. The largest absolute Gasteiger partial charge is 0.460 e. The van der Waals surface area contributed by atoms with Gasteiger partial charge in [0.2, 0.25) is 11.8 Å². The van der Waals surface area contributed by atoms with Gasteiger partial charge in [0.05, 0.1) is 0 Å². The van der Waals surface area contributed by atoms with Crippen LogP contribution in [0.5, 0.6) is 0 Å². The Hall–Kier alpha value is -3.34. The van der Waals surface area contributed by atoms with Crippen molar-refractivity contribution in [2.45, 2.75) is 19.4 Å². The minimum Gasteiger partial charge on any atom is -0.460 e. The Morgan fingerprint density at radius 3 is 2.50 bits per heavy atom. The van der Waals surface area contributed by atoms with Crippen molar-refractivity contribution in [3.63, 3.8) is 0 Å². The first-order valence-electron chi connectivity index (χ1n) is 8.43. The van der Waals surface area contributed by atoms with Gasteiger partial charge in [0.1, 0.15) is 17.4 Å². The number of nitrogens with one attached hydrogen (secondary N) is 1. The Kier molecular flexibility index (Phi) is 5.17. The standard InChI is InChI=1S/C21H20N2O3/c1-2-17-16(15-10-6-7-11-18(15)26-17)12-13-19(24)23-20(21(22)25)14-8-4-3-5-9-14/h3-13,20H,2H2,1H3,(H2,22,25)(H,23,24). The van der Waals surface area contributed by atoms with E-state index < -0.39 is 17.9 Å². The van der Waals surface area contributed by atoms with Gasteiger partial charge in [0, 0.05) is 23.4 Å². The van der Waals surface area contributed by atoms with Crippen molar-refractivity contribution in [3.8, 4) is 0 Å². The van der Waals surface area contributed by atoms with Crippen molar-refractivity contribution in [2.24, 2.45) is 5.73 Å². The third-order valence-electron chi connectivity index (χ3n) is 4.14. The highest BCUT2D eigenvalue weighted by molar-refractivity contribution is 5.98. The predicted octanol–water partition coefficient (Wildman–Crippen LogP) is 3.35. The molecular weight excluding hydrogens is 328 g/mol. The van der Waals surface area contributed by atoms with E-state index in [1.165, 1.54) is 6.08 Å². The van der Waals surface area contributed by atoms with Gasteiger partial charge >= 0.3 is 0 Å². The maximum absolute atomic E-state index is 12.3. The van der Waals surface area contributed by atoms with Crippen LogP contribution in [0.25, 0.3) is 17.0 Å². The van der Waals surface area contributed by atoms with E-state index in [1.807, 2.05) is 37.3 Å². The SMILES string of the molecule is CCc1oc2ccccc2c1C=CC(=O)NC(C(N)=O)c1ccccc1. The molecule has 132 valence electrons. The van der Waals surface area contributed by atoms with Gasteiger partial charge in [-0.15, -0.1) is 0 Å². The third kappa shape index (κ3) is 3.67. The minimum atomic E-state index is -0.875. The van der Waals surface area contributed by atoms with E-state index in [4.69, 9.17) is 10.2 Å². The summed E-state index contributed by atoms with van der Waals surface area (Å²) >= 11 is 0. The average Bonchev–Trinajstić information content (AvgIpc) is 3.02. The zero-order chi connectivity index (χ0) is 18.5. The molecule has 0 aliphatic heterocycles. The zero-order valence-corrected chi connectivity index (χ0v) is 14.4. The molecule has 2 amide bonds. The van der Waals surface area contributed by atoms with Crippen LogP contribution in [-0.4, -0.2) is 11.8 Å². The van der Waals surface area contributed by atoms with Crippen LogP contribution in [0.15, 0.2) is 65.1 Å². The van der Waals surface area contributed by atoms with Crippen LogP contribution in [0, 0.1) is 0 Å². The fourth-order valence-corrected chi connectivity index (χ4v) is 2.88. The predicted molar refractivity (Wildman–Crippen MR) is 101 cm³/mol. The molecule has 1 unspecified atom stereocenters. The van der Waals surface area contributed by atoms with Crippen LogP contribution in [0.1, 0.15) is 29.9 Å². The van der Waals surface area contributed by atoms with E-state index in [2.05, 4.69) is 5.32 Å². The lowest BCUT2D eigenvalue weighted by atomic mass is 10.1. The monoisotopic (exact) mass is 348 g/mol. The molecule has 5 nitrogen and oxygen atoms in total. The number of carbonyl (C=O) groups is 2. The number of fused-ring (bicyclic) bond motifs is 1. The molecule has 5 heteroatoms. The Bertz CT molecular complexity index is 958. The molecule has 1 heterocycles. The molecule has 2 aromatic carbocycles. The summed E-state index contributed by atoms with van der Waals surface area (Å²) in [6, 6.07) is 15.7. The van der Waals surface area contributed by atoms with Crippen LogP contribution in [0.2, 0.25) is 0 Å². The lowest BCUT2D eigenvalue weighted by Gasteiger charge is -2.14. The second-order valence-electron chi connectivity index (χ2n) is 5.88. The summed E-state index contributed by atoms with van der Waals surface area (Å²) in [5, 5.41) is 3.60. The van der Waals surface area contributed by atoms with Crippen LogP contribution in [0.4, 0.5) is 0 Å². The molecule has 0 bridgehead atoms. The molecule has 3 aromatic rings. The number of primary amides is 1. The lowest BCUT2D eigenvalue weighted by Crippen LogP contribution is -2.36. The Morgan fingerprint density at radius 2 is 1.81 bits per heavy atom. The molecule has 3 rings (SSSR count). The molecule has 3 N–H and O–H groups in total. The fraction of sp³-hybridized carbons (Fsp3) is 0.143. The van der Waals surface area contributed by atoms with Gasteiger partial charge in [-0.2, -0.15) is 0 Å². The van der Waals surface area contributed by atoms with E-state index in [0.29, 0.717) is 12.0 Å². The first-order chi connectivity index (χ1) is 12.6. The Morgan fingerprint density at radius 1 is 1.12 bits per heavy atom. The van der Waals surface area contributed by atoms with Crippen molar-refractivity contribution >= 4 is 28.9 Å². The molecule has 0 spiro atoms. The molecule has 0 saturated carbocycles. The molecule has 1 atom stereocenters. The number of benzene rings is 2. The quantitative estimate of drug-likeness (QED) is 0.670. The number of aryl methyl sites for hydroxylation is 1. The van der Waals surface area contributed by atoms with Crippen LogP contribution in [0.3, 0.4) is 0 Å². The lowest BCUT2D eigenvalue weighted by molar-refractivity contribution is -0.125. The number of hydrogen-bond donors (Lipinski definition) is 2. The molecule has 0 fully saturated rings. The van der Waals surface area contributed by atoms with E-state index >= 15 is 0 Å². The number of rotatable bonds is 6. The maximum atomic E-state index is 12.3. The van der Waals surface area contributed by atoms with Gasteiger partial charge in [0.25, 0.3) is 0 Å². The van der Waals surface area contributed by atoms with E-state index in [-0.39, 0.29) is 0 Å². The number of furan rings is 1. The van der Waals surface area contributed by atoms with Gasteiger partial charge in [-0.25, -0.2) is 0 Å². The number of carbonyl (C=O) groups excluding carboxylic acids is 2. The molecule has 0 aliphatic carbocycles. The molecule has 0 saturated heterocycles. The van der Waals surface area contributed by atoms with Crippen molar-refractivity contribution in [1.29, 1.82) is 0 Å². The first-order valence-corrected chi connectivity index (χ1v) is 8.43. The minimum absolute atomic E-state index is 0.398. The molecule has 26 heavy (non-hydrogen) atoms. The average molecular weight is 348 g/mol. The fourth-order valence-electron chi connectivity index (χ4n) is 2.88. The van der Waals surface area contributed by atoms with Crippen molar-refractivity contribution in [2.75, 3.05) is 0 Å². The summed E-state index contributed by atoms with van der Waals surface area (Å²) in [7, 11) is 0. The van der Waals surface area contributed by atoms with Crippen molar-refractivity contribution < 1.29 is 14.0 Å². The number of hydrogen-bond acceptors (Lipinski definition) is 3. The Labute approximate surface area is 151 Å². The summed E-state index contributed by atoms with van der Waals surface area (Å²) in [4.78, 5) is 24.0. The normalized spacial score (nSPS) is 12.3. The van der Waals surface area contributed by atoms with Gasteiger partial charge in [-0.05, 0) is 17.7 Å². The number of amides is 2. The number of nitrogens with two attached hydrogens (primary N) is 1. The highest BCUT2D eigenvalue weighted by Gasteiger charge is 2.19. The third-order valence-corrected chi connectivity index (χ3v) is 4.14. The van der Waals surface area contributed by atoms with Gasteiger partial charge in [-0.1, -0.05) is 55.5 Å². The second-order valence-corrected chi connectivity index (χ2v) is 5.88. The summed E-state index contributed by atoms with van der Waals surface area (Å²) in [6.45, 7) is 1.99. The highest BCUT2D eigenvalue weighted by atomic mass is 16.3. The molecule has 0 radical (unpaired) electrons. The summed E-state index contributed by atoms with van der Waals surface area (Å²) < 4.78 is 5.81. The summed E-state index contributed by atoms with van der Waals surface area (Å²) in [5.41, 5.74) is 7.73. The molecule has 0 aliphatic rings. The second kappa shape index (κ2) is 7.70. The van der Waals surface area contributed by atoms with Gasteiger partial charge in [0.15, 0.2) is 0 Å². The van der Waals surface area contributed by atoms with Gasteiger partial charge < -0.3 is 15.5 Å². The van der Waals surface area contributed by atoms with E-state index in [0.717, 1.165) is 22.3 Å². The van der Waals surface area contributed by atoms with E-state index in [9.17, 15) is 9.59 Å². The van der Waals surface area contributed by atoms with Crippen LogP contribution < -0.4 is 11.1 Å². The molecular formula is C21H20N2O3.